The van der Waals surface area contributed by atoms with E-state index in [4.69, 9.17) is 5.73 Å². The van der Waals surface area contributed by atoms with Gasteiger partial charge in [-0.05, 0) is 37.1 Å². The Balaban J connectivity index is 2.66. The largest absolute Gasteiger partial charge is 0.330 e. The highest BCUT2D eigenvalue weighted by Crippen LogP contribution is 2.45. The molecular weight excluding hydrogens is 170 g/mol. The van der Waals surface area contributed by atoms with E-state index in [1.165, 1.54) is 51.4 Å². The topological polar surface area (TPSA) is 26.0 Å². The van der Waals surface area contributed by atoms with Gasteiger partial charge in [0.1, 0.15) is 0 Å². The molecule has 0 spiro atoms. The second-order valence-corrected chi connectivity index (χ2v) is 5.12. The molecule has 1 aliphatic rings. The molecule has 0 heterocycles. The van der Waals surface area contributed by atoms with Gasteiger partial charge in [0.05, 0.1) is 0 Å². The molecule has 0 aromatic carbocycles. The van der Waals surface area contributed by atoms with Crippen molar-refractivity contribution in [3.05, 3.63) is 0 Å². The highest BCUT2D eigenvalue weighted by Gasteiger charge is 2.34. The zero-order valence-corrected chi connectivity index (χ0v) is 10.0. The van der Waals surface area contributed by atoms with Crippen molar-refractivity contribution in [1.29, 1.82) is 0 Å². The standard InChI is InChI=1S/C13H27N/c1-3-12(2)13(10-11-14)8-6-4-5-7-9-13/h12H,3-11,14H2,1-2H3. The maximum atomic E-state index is 5.79. The van der Waals surface area contributed by atoms with Gasteiger partial charge in [0.2, 0.25) is 0 Å². The zero-order chi connectivity index (χ0) is 10.4. The molecule has 1 rings (SSSR count). The van der Waals surface area contributed by atoms with Gasteiger partial charge in [-0.25, -0.2) is 0 Å². The zero-order valence-electron chi connectivity index (χ0n) is 10.0. The van der Waals surface area contributed by atoms with Crippen LogP contribution in [0.3, 0.4) is 0 Å². The van der Waals surface area contributed by atoms with Gasteiger partial charge in [-0.3, -0.25) is 0 Å². The Morgan fingerprint density at radius 1 is 1.14 bits per heavy atom. The number of hydrogen-bond acceptors (Lipinski definition) is 1. The molecule has 2 N–H and O–H groups in total. The van der Waals surface area contributed by atoms with Gasteiger partial charge < -0.3 is 5.73 Å². The summed E-state index contributed by atoms with van der Waals surface area (Å²) in [4.78, 5) is 0. The van der Waals surface area contributed by atoms with Gasteiger partial charge in [0.15, 0.2) is 0 Å². The van der Waals surface area contributed by atoms with Crippen LogP contribution in [0.2, 0.25) is 0 Å². The van der Waals surface area contributed by atoms with Crippen molar-refractivity contribution in [2.24, 2.45) is 17.1 Å². The Morgan fingerprint density at radius 2 is 1.71 bits per heavy atom. The van der Waals surface area contributed by atoms with Crippen LogP contribution in [0.5, 0.6) is 0 Å². The predicted octanol–water partition coefficient (Wildman–Crippen LogP) is 3.72. The number of rotatable bonds is 4. The first-order valence-corrected chi connectivity index (χ1v) is 6.45. The molecule has 1 fully saturated rings. The fourth-order valence-electron chi connectivity index (χ4n) is 3.14. The molecule has 0 amide bonds. The molecule has 1 nitrogen and oxygen atoms in total. The Hall–Kier alpha value is -0.0400. The Bertz CT molecular complexity index is 145. The van der Waals surface area contributed by atoms with E-state index in [1.54, 1.807) is 0 Å². The minimum Gasteiger partial charge on any atom is -0.330 e. The molecule has 1 heteroatoms. The second-order valence-electron chi connectivity index (χ2n) is 5.12. The number of nitrogens with two attached hydrogens (primary N) is 1. The Kier molecular flexibility index (Phi) is 4.94. The smallest absolute Gasteiger partial charge is 0.00719 e. The van der Waals surface area contributed by atoms with Crippen LogP contribution in [-0.2, 0) is 0 Å². The molecular formula is C13H27N. The molecule has 1 unspecified atom stereocenters. The van der Waals surface area contributed by atoms with Crippen LogP contribution in [-0.4, -0.2) is 6.54 Å². The average molecular weight is 197 g/mol. The van der Waals surface area contributed by atoms with Crippen molar-refractivity contribution in [2.75, 3.05) is 6.54 Å². The van der Waals surface area contributed by atoms with Gasteiger partial charge in [-0.1, -0.05) is 46.0 Å². The fourth-order valence-corrected chi connectivity index (χ4v) is 3.14. The van der Waals surface area contributed by atoms with Crippen LogP contribution in [0.15, 0.2) is 0 Å². The van der Waals surface area contributed by atoms with Crippen molar-refractivity contribution < 1.29 is 0 Å². The molecule has 1 atom stereocenters. The highest BCUT2D eigenvalue weighted by molar-refractivity contribution is 4.85. The summed E-state index contributed by atoms with van der Waals surface area (Å²) in [5, 5.41) is 0. The molecule has 0 bridgehead atoms. The van der Waals surface area contributed by atoms with E-state index in [9.17, 15) is 0 Å². The molecule has 0 aliphatic heterocycles. The van der Waals surface area contributed by atoms with E-state index < -0.39 is 0 Å². The molecule has 0 aromatic heterocycles. The van der Waals surface area contributed by atoms with E-state index in [0.29, 0.717) is 5.41 Å². The normalized spacial score (nSPS) is 24.2. The van der Waals surface area contributed by atoms with Crippen LogP contribution in [0.25, 0.3) is 0 Å². The van der Waals surface area contributed by atoms with Crippen molar-refractivity contribution in [3.8, 4) is 0 Å². The van der Waals surface area contributed by atoms with E-state index in [1.807, 2.05) is 0 Å². The summed E-state index contributed by atoms with van der Waals surface area (Å²) in [5.74, 6) is 0.865. The first-order chi connectivity index (χ1) is 6.75. The third-order valence-corrected chi connectivity index (χ3v) is 4.40. The monoisotopic (exact) mass is 197 g/mol. The summed E-state index contributed by atoms with van der Waals surface area (Å²) in [6.07, 6.45) is 11.2. The lowest BCUT2D eigenvalue weighted by Crippen LogP contribution is -2.30. The van der Waals surface area contributed by atoms with Gasteiger partial charge in [0.25, 0.3) is 0 Å². The third-order valence-electron chi connectivity index (χ3n) is 4.40. The molecule has 84 valence electrons. The molecule has 0 radical (unpaired) electrons. The van der Waals surface area contributed by atoms with Gasteiger partial charge in [0, 0.05) is 0 Å². The lowest BCUT2D eigenvalue weighted by molar-refractivity contribution is 0.128. The number of hydrogen-bond donors (Lipinski definition) is 1. The molecule has 14 heavy (non-hydrogen) atoms. The predicted molar refractivity (Wildman–Crippen MR) is 63.3 cm³/mol. The Morgan fingerprint density at radius 3 is 2.14 bits per heavy atom. The third kappa shape index (κ3) is 2.73. The molecule has 1 saturated carbocycles. The van der Waals surface area contributed by atoms with Gasteiger partial charge in [-0.2, -0.15) is 0 Å². The molecule has 1 aliphatic carbocycles. The summed E-state index contributed by atoms with van der Waals surface area (Å²) in [6, 6.07) is 0. The summed E-state index contributed by atoms with van der Waals surface area (Å²) < 4.78 is 0. The maximum Gasteiger partial charge on any atom is -0.00719 e. The van der Waals surface area contributed by atoms with Crippen LogP contribution in [0.1, 0.15) is 65.2 Å². The van der Waals surface area contributed by atoms with E-state index in [0.717, 1.165) is 12.5 Å². The Labute approximate surface area is 89.5 Å². The summed E-state index contributed by atoms with van der Waals surface area (Å²) in [6.45, 7) is 5.64. The van der Waals surface area contributed by atoms with Crippen molar-refractivity contribution in [2.45, 2.75) is 65.2 Å². The lowest BCUT2D eigenvalue weighted by Gasteiger charge is -2.38. The molecule has 0 aromatic rings. The van der Waals surface area contributed by atoms with E-state index >= 15 is 0 Å². The van der Waals surface area contributed by atoms with Crippen LogP contribution < -0.4 is 5.73 Å². The fraction of sp³-hybridized carbons (Fsp3) is 1.00. The maximum absolute atomic E-state index is 5.79. The van der Waals surface area contributed by atoms with Gasteiger partial charge >= 0.3 is 0 Å². The lowest BCUT2D eigenvalue weighted by atomic mass is 9.67. The van der Waals surface area contributed by atoms with Gasteiger partial charge in [-0.15, -0.1) is 0 Å². The van der Waals surface area contributed by atoms with Crippen molar-refractivity contribution >= 4 is 0 Å². The van der Waals surface area contributed by atoms with Crippen LogP contribution in [0.4, 0.5) is 0 Å². The minimum absolute atomic E-state index is 0.597. The summed E-state index contributed by atoms with van der Waals surface area (Å²) in [7, 11) is 0. The quantitative estimate of drug-likeness (QED) is 0.683. The van der Waals surface area contributed by atoms with E-state index in [-0.39, 0.29) is 0 Å². The van der Waals surface area contributed by atoms with Crippen molar-refractivity contribution in [1.82, 2.24) is 0 Å². The highest BCUT2D eigenvalue weighted by atomic mass is 14.6. The minimum atomic E-state index is 0.597. The van der Waals surface area contributed by atoms with Crippen LogP contribution >= 0.6 is 0 Å². The average Bonchev–Trinajstić information content (AvgIpc) is 2.44. The SMILES string of the molecule is CCC(C)C1(CCN)CCCCCC1. The summed E-state index contributed by atoms with van der Waals surface area (Å²) in [5.41, 5.74) is 6.39. The second kappa shape index (κ2) is 5.75. The molecule has 0 saturated heterocycles. The first-order valence-electron chi connectivity index (χ1n) is 6.45. The van der Waals surface area contributed by atoms with Crippen LogP contribution in [0, 0.1) is 11.3 Å². The van der Waals surface area contributed by atoms with Crippen molar-refractivity contribution in [3.63, 3.8) is 0 Å². The summed E-state index contributed by atoms with van der Waals surface area (Å²) >= 11 is 0. The van der Waals surface area contributed by atoms with E-state index in [2.05, 4.69) is 13.8 Å². The first kappa shape index (κ1) is 12.0.